The Morgan fingerprint density at radius 3 is 2.23 bits per heavy atom. The van der Waals surface area contributed by atoms with Crippen molar-refractivity contribution in [2.45, 2.75) is 197 Å². The number of aliphatic hydroxyl groups is 3. The first-order valence-electron chi connectivity index (χ1n) is 21.7. The first-order valence-corrected chi connectivity index (χ1v) is 21.7. The molecular formula is C44H74N2O14. The fourth-order valence-corrected chi connectivity index (χ4v) is 9.11. The quantitative estimate of drug-likeness (QED) is 0.203. The van der Waals surface area contributed by atoms with E-state index >= 15 is 0 Å². The van der Waals surface area contributed by atoms with Crippen molar-refractivity contribution in [1.29, 1.82) is 0 Å². The minimum Gasteiger partial charge on any atom is -0.462 e. The van der Waals surface area contributed by atoms with E-state index < -0.39 is 103 Å². The highest BCUT2D eigenvalue weighted by Gasteiger charge is 2.51. The van der Waals surface area contributed by atoms with Crippen LogP contribution < -0.4 is 0 Å². The van der Waals surface area contributed by atoms with Crippen LogP contribution in [0.2, 0.25) is 0 Å². The van der Waals surface area contributed by atoms with Crippen molar-refractivity contribution < 1.29 is 67.6 Å². The summed E-state index contributed by atoms with van der Waals surface area (Å²) in [7, 11) is 7.66. The number of likely N-dealkylation sites (N-methyl/N-ethyl adjacent to an activating group) is 2. The lowest BCUT2D eigenvalue weighted by atomic mass is 9.83. The molecule has 0 aromatic rings. The number of hydrogen-bond donors (Lipinski definition) is 3. The molecule has 4 aliphatic heterocycles. The van der Waals surface area contributed by atoms with E-state index in [1.807, 2.05) is 45.3 Å². The second-order valence-electron chi connectivity index (χ2n) is 18.1. The lowest BCUT2D eigenvalue weighted by Crippen LogP contribution is -2.65. The molecule has 3 N–H and O–H groups in total. The highest BCUT2D eigenvalue weighted by molar-refractivity contribution is 5.71. The average molecular weight is 855 g/mol. The predicted octanol–water partition coefficient (Wildman–Crippen LogP) is 3.27. The van der Waals surface area contributed by atoms with Gasteiger partial charge in [-0.1, -0.05) is 31.2 Å². The van der Waals surface area contributed by atoms with Gasteiger partial charge in [-0.3, -0.25) is 9.59 Å². The number of rotatable bonds is 11. The highest BCUT2D eigenvalue weighted by Crippen LogP contribution is 2.37. The molecule has 0 aromatic heterocycles. The summed E-state index contributed by atoms with van der Waals surface area (Å²) in [6, 6.07) is -0.441. The van der Waals surface area contributed by atoms with Gasteiger partial charge in [0.2, 0.25) is 0 Å². The maximum absolute atomic E-state index is 13.2. The second kappa shape index (κ2) is 22.8. The van der Waals surface area contributed by atoms with E-state index in [9.17, 15) is 29.7 Å². The Morgan fingerprint density at radius 1 is 0.917 bits per heavy atom. The second-order valence-corrected chi connectivity index (χ2v) is 18.1. The average Bonchev–Trinajstić information content (AvgIpc) is 3.13. The van der Waals surface area contributed by atoms with Gasteiger partial charge in [0.05, 0.1) is 48.6 Å². The Bertz CT molecular complexity index is 1430. The van der Waals surface area contributed by atoms with Crippen LogP contribution in [0.1, 0.15) is 99.8 Å². The Hall–Kier alpha value is -2.35. The molecule has 3 fully saturated rings. The molecule has 0 aliphatic carbocycles. The van der Waals surface area contributed by atoms with E-state index in [1.165, 1.54) is 13.8 Å². The van der Waals surface area contributed by atoms with E-state index in [2.05, 4.69) is 11.8 Å². The van der Waals surface area contributed by atoms with Gasteiger partial charge in [-0.2, -0.15) is 0 Å². The molecule has 0 saturated carbocycles. The number of aldehydes is 1. The highest BCUT2D eigenvalue weighted by atomic mass is 16.7. The molecule has 344 valence electrons. The molecule has 0 amide bonds. The zero-order valence-electron chi connectivity index (χ0n) is 37.6. The number of cyclic esters (lactones) is 1. The van der Waals surface area contributed by atoms with E-state index in [-0.39, 0.29) is 43.7 Å². The molecule has 0 aromatic carbocycles. The number of nitrogens with zero attached hydrogens (tertiary/aromatic N) is 2. The van der Waals surface area contributed by atoms with Gasteiger partial charge in [0, 0.05) is 38.6 Å². The molecule has 4 heterocycles. The number of aliphatic hydroxyl groups excluding tert-OH is 2. The summed E-state index contributed by atoms with van der Waals surface area (Å²) >= 11 is 0. The van der Waals surface area contributed by atoms with Gasteiger partial charge in [-0.05, 0) is 93.9 Å². The molecule has 0 radical (unpaired) electrons. The van der Waals surface area contributed by atoms with Crippen LogP contribution in [0, 0.1) is 11.8 Å². The van der Waals surface area contributed by atoms with Gasteiger partial charge in [-0.25, -0.2) is 0 Å². The fourth-order valence-electron chi connectivity index (χ4n) is 9.11. The molecular weight excluding hydrogens is 780 g/mol. The van der Waals surface area contributed by atoms with Gasteiger partial charge in [-0.15, -0.1) is 0 Å². The molecule has 16 nitrogen and oxygen atoms in total. The normalized spacial score (nSPS) is 42.8. The number of ether oxygens (including phenoxy) is 8. The number of esters is 2. The molecule has 4 unspecified atom stereocenters. The van der Waals surface area contributed by atoms with Gasteiger partial charge in [0.1, 0.15) is 36.8 Å². The van der Waals surface area contributed by atoms with Crippen LogP contribution in [0.25, 0.3) is 0 Å². The minimum absolute atomic E-state index is 0.0105. The summed E-state index contributed by atoms with van der Waals surface area (Å²) in [5, 5.41) is 33.4. The van der Waals surface area contributed by atoms with Gasteiger partial charge in [0.25, 0.3) is 0 Å². The molecule has 16 heteroatoms. The standard InChI is InChI=1S/C44H74N2O14/c1-25-21-31(19-20-47)35(59-43-40(50)39(46(10)11)41(28(4)56-43)60-38-24-44(7,52)42(51)29(5)55-38)22-32(57-30(6)48)23-36(49)53-26(2)15-13-12-14-16-34(25)58-37-18-17-33(45(8)9)27(3)54-37/h12-14,16,20,25-29,31-35,37-43,50-52H,15,17-19,21-24H2,1-11H3/t25-,26-,27+,28-,29+,31+,32?,33+,34-,35+,37+,38-,39?,40-,41-,42?,43?,44-/m0/s1. The Kier molecular flexibility index (Phi) is 19.1. The van der Waals surface area contributed by atoms with Crippen molar-refractivity contribution in [3.05, 3.63) is 24.3 Å². The van der Waals surface area contributed by atoms with Gasteiger partial charge < -0.3 is 67.8 Å². The fraction of sp³-hybridized carbons (Fsp3) is 0.841. The third-order valence-electron chi connectivity index (χ3n) is 12.3. The monoisotopic (exact) mass is 855 g/mol. The van der Waals surface area contributed by atoms with Crippen LogP contribution in [-0.4, -0.2) is 169 Å². The lowest BCUT2D eigenvalue weighted by molar-refractivity contribution is -0.340. The van der Waals surface area contributed by atoms with Gasteiger partial charge >= 0.3 is 11.9 Å². The zero-order valence-corrected chi connectivity index (χ0v) is 37.6. The summed E-state index contributed by atoms with van der Waals surface area (Å²) in [6.45, 7) is 12.1. The van der Waals surface area contributed by atoms with Crippen molar-refractivity contribution in [2.24, 2.45) is 11.8 Å². The Morgan fingerprint density at radius 2 is 1.62 bits per heavy atom. The van der Waals surface area contributed by atoms with E-state index in [0.717, 1.165) is 12.7 Å². The third-order valence-corrected chi connectivity index (χ3v) is 12.3. The lowest BCUT2D eigenvalue weighted by Gasteiger charge is -2.49. The zero-order chi connectivity index (χ0) is 44.5. The largest absolute Gasteiger partial charge is 0.462 e. The van der Waals surface area contributed by atoms with Crippen molar-refractivity contribution >= 4 is 18.2 Å². The predicted molar refractivity (Wildman–Crippen MR) is 220 cm³/mol. The van der Waals surface area contributed by atoms with Gasteiger partial charge in [0.15, 0.2) is 18.9 Å². The maximum Gasteiger partial charge on any atom is 0.309 e. The smallest absolute Gasteiger partial charge is 0.309 e. The maximum atomic E-state index is 13.2. The van der Waals surface area contributed by atoms with Crippen LogP contribution in [0.15, 0.2) is 24.3 Å². The number of allylic oxidation sites excluding steroid dienone is 2. The first kappa shape index (κ1) is 50.3. The topological polar surface area (TPSA) is 192 Å². The van der Waals surface area contributed by atoms with Crippen LogP contribution in [-0.2, 0) is 52.3 Å². The van der Waals surface area contributed by atoms with Crippen LogP contribution >= 0.6 is 0 Å². The Balaban J connectivity index is 1.66. The van der Waals surface area contributed by atoms with Crippen molar-refractivity contribution in [3.63, 3.8) is 0 Å². The van der Waals surface area contributed by atoms with E-state index in [4.69, 9.17) is 37.9 Å². The summed E-state index contributed by atoms with van der Waals surface area (Å²) in [4.78, 5) is 42.1. The third kappa shape index (κ3) is 14.1. The number of carbonyl (C=O) groups is 3. The molecule has 4 rings (SSSR count). The molecule has 3 saturated heterocycles. The minimum atomic E-state index is -1.47. The van der Waals surface area contributed by atoms with Crippen molar-refractivity contribution in [1.82, 2.24) is 9.80 Å². The molecule has 4 aliphatic rings. The van der Waals surface area contributed by atoms with Crippen molar-refractivity contribution in [2.75, 3.05) is 28.2 Å². The van der Waals surface area contributed by atoms with Crippen LogP contribution in [0.3, 0.4) is 0 Å². The summed E-state index contributed by atoms with van der Waals surface area (Å²) in [5.41, 5.74) is -1.47. The SMILES string of the molecule is CC(=O)OC1CC(=O)O[C@@H](C)CC=CC=C[C@H](O[C@@H]2CC[C@@H](N(C)C)[C@@H](C)O2)[C@@H](C)C[C@@H](CC=O)[C@H](OC2O[C@@H](C)[C@H](O[C@H]3C[C@](C)(O)C(O)[C@@H](C)O3)C(N(C)C)[C@@H]2O)C1. The summed E-state index contributed by atoms with van der Waals surface area (Å²) < 4.78 is 49.9. The molecule has 60 heavy (non-hydrogen) atoms. The number of carbonyl (C=O) groups excluding carboxylic acids is 3. The number of hydrogen-bond acceptors (Lipinski definition) is 16. The summed E-state index contributed by atoms with van der Waals surface area (Å²) in [5.74, 6) is -1.86. The van der Waals surface area contributed by atoms with Crippen LogP contribution in [0.4, 0.5) is 0 Å². The van der Waals surface area contributed by atoms with Crippen LogP contribution in [0.5, 0.6) is 0 Å². The van der Waals surface area contributed by atoms with E-state index in [0.29, 0.717) is 19.3 Å². The first-order chi connectivity index (χ1) is 28.2. The Labute approximate surface area is 356 Å². The summed E-state index contributed by atoms with van der Waals surface area (Å²) in [6.07, 6.45) is 0.769. The molecule has 18 atom stereocenters. The van der Waals surface area contributed by atoms with E-state index in [1.54, 1.807) is 39.8 Å². The molecule has 0 spiro atoms. The molecule has 0 bridgehead atoms. The van der Waals surface area contributed by atoms with Crippen molar-refractivity contribution in [3.8, 4) is 0 Å².